The number of likely N-dealkylation sites (N-methyl/N-ethyl adjacent to an activating group) is 1. The van der Waals surface area contributed by atoms with Crippen LogP contribution >= 0.6 is 0 Å². The topological polar surface area (TPSA) is 95.0 Å². The molecule has 2 aromatic carbocycles. The average Bonchev–Trinajstić information content (AvgIpc) is 2.91. The summed E-state index contributed by atoms with van der Waals surface area (Å²) in [6.45, 7) is 0. The van der Waals surface area contributed by atoms with E-state index in [0.29, 0.717) is 17.1 Å². The fourth-order valence-electron chi connectivity index (χ4n) is 3.44. The van der Waals surface area contributed by atoms with Crippen LogP contribution in [0.1, 0.15) is 16.7 Å². The third-order valence-electron chi connectivity index (χ3n) is 5.37. The smallest absolute Gasteiger partial charge is 0.320 e. The number of nitrogens with zero attached hydrogens (tertiary/aromatic N) is 2. The Balaban J connectivity index is 1.72. The molecule has 0 radical (unpaired) electrons. The Kier molecular flexibility index (Phi) is 8.94. The van der Waals surface area contributed by atoms with Crippen LogP contribution in [0.5, 0.6) is 11.5 Å². The van der Waals surface area contributed by atoms with Gasteiger partial charge in [0.1, 0.15) is 11.5 Å². The van der Waals surface area contributed by atoms with E-state index < -0.39 is 17.9 Å². The Morgan fingerprint density at radius 3 is 1.97 bits per heavy atom. The molecule has 3 aromatic rings. The largest absolute Gasteiger partial charge is 0.468 e. The zero-order valence-corrected chi connectivity index (χ0v) is 20.6. The van der Waals surface area contributed by atoms with Gasteiger partial charge in [-0.1, -0.05) is 30.3 Å². The summed E-state index contributed by atoms with van der Waals surface area (Å²) in [5.74, 6) is -1.23. The number of carbonyl (C=O) groups excluding carboxylic acids is 3. The summed E-state index contributed by atoms with van der Waals surface area (Å²) in [7, 11) is 5.88. The number of methoxy groups -OCH3 is 2. The predicted molar refractivity (Wildman–Crippen MR) is 135 cm³/mol. The minimum absolute atomic E-state index is 0.120. The maximum Gasteiger partial charge on any atom is 0.320 e. The number of hydrogen-bond acceptors (Lipinski definition) is 7. The summed E-state index contributed by atoms with van der Waals surface area (Å²) < 4.78 is 15.3. The Bertz CT molecular complexity index is 1200. The summed E-state index contributed by atoms with van der Waals surface area (Å²) in [6.07, 6.45) is 5.30. The Morgan fingerprint density at radius 2 is 1.47 bits per heavy atom. The second-order valence-corrected chi connectivity index (χ2v) is 8.12. The first-order valence-electron chi connectivity index (χ1n) is 11.2. The van der Waals surface area contributed by atoms with Crippen molar-refractivity contribution in [2.24, 2.45) is 5.92 Å². The van der Waals surface area contributed by atoms with Gasteiger partial charge in [-0.15, -0.1) is 0 Å². The van der Waals surface area contributed by atoms with Crippen molar-refractivity contribution in [2.45, 2.75) is 6.42 Å². The molecule has 0 aliphatic heterocycles. The molecule has 8 nitrogen and oxygen atoms in total. The van der Waals surface area contributed by atoms with E-state index in [1.54, 1.807) is 56.8 Å². The van der Waals surface area contributed by atoms with Crippen LogP contribution in [-0.2, 0) is 30.3 Å². The van der Waals surface area contributed by atoms with E-state index in [1.807, 2.05) is 36.4 Å². The first kappa shape index (κ1) is 26.2. The summed E-state index contributed by atoms with van der Waals surface area (Å²) in [6, 6.07) is 18.0. The molecule has 36 heavy (non-hydrogen) atoms. The zero-order valence-electron chi connectivity index (χ0n) is 20.6. The molecule has 186 valence electrons. The van der Waals surface area contributed by atoms with Gasteiger partial charge < -0.3 is 19.1 Å². The van der Waals surface area contributed by atoms with E-state index in [1.165, 1.54) is 19.1 Å². The number of aromatic nitrogens is 1. The minimum atomic E-state index is -1.02. The SMILES string of the molecule is COC(=O)C(Cc1ccc(Oc2ccc(C=C(C(=O)N(C)C)c3cccnc3)cc2)cc1)C(=O)OC. The Morgan fingerprint density at radius 1 is 0.889 bits per heavy atom. The van der Waals surface area contributed by atoms with Crippen molar-refractivity contribution in [1.82, 2.24) is 9.88 Å². The fraction of sp³-hybridized carbons (Fsp3) is 0.214. The van der Waals surface area contributed by atoms with Crippen LogP contribution in [0.2, 0.25) is 0 Å². The van der Waals surface area contributed by atoms with Crippen LogP contribution in [0.4, 0.5) is 0 Å². The molecule has 1 amide bonds. The molecule has 0 N–H and O–H groups in total. The predicted octanol–water partition coefficient (Wildman–Crippen LogP) is 4.01. The number of carbonyl (C=O) groups is 3. The van der Waals surface area contributed by atoms with Gasteiger partial charge in [0, 0.05) is 37.6 Å². The molecule has 0 saturated heterocycles. The first-order valence-corrected chi connectivity index (χ1v) is 11.2. The van der Waals surface area contributed by atoms with Crippen LogP contribution in [0.3, 0.4) is 0 Å². The third kappa shape index (κ3) is 6.79. The van der Waals surface area contributed by atoms with Gasteiger partial charge in [0.2, 0.25) is 0 Å². The van der Waals surface area contributed by atoms with Crippen molar-refractivity contribution in [3.63, 3.8) is 0 Å². The van der Waals surface area contributed by atoms with Crippen molar-refractivity contribution in [2.75, 3.05) is 28.3 Å². The monoisotopic (exact) mass is 488 g/mol. The summed E-state index contributed by atoms with van der Waals surface area (Å²) in [4.78, 5) is 42.1. The maximum atomic E-state index is 12.7. The van der Waals surface area contributed by atoms with E-state index in [0.717, 1.165) is 16.7 Å². The Labute approximate surface area is 210 Å². The van der Waals surface area contributed by atoms with E-state index in [9.17, 15) is 14.4 Å². The van der Waals surface area contributed by atoms with Gasteiger partial charge in [-0.05, 0) is 54.0 Å². The van der Waals surface area contributed by atoms with Gasteiger partial charge in [-0.3, -0.25) is 19.4 Å². The molecule has 0 aliphatic rings. The second-order valence-electron chi connectivity index (χ2n) is 8.12. The summed E-state index contributed by atoms with van der Waals surface area (Å²) in [5, 5.41) is 0. The normalized spacial score (nSPS) is 11.1. The molecule has 3 rings (SSSR count). The van der Waals surface area contributed by atoms with E-state index >= 15 is 0 Å². The number of amides is 1. The molecule has 0 bridgehead atoms. The lowest BCUT2D eigenvalue weighted by atomic mass is 9.99. The van der Waals surface area contributed by atoms with Crippen LogP contribution in [0.25, 0.3) is 11.6 Å². The summed E-state index contributed by atoms with van der Waals surface area (Å²) in [5.41, 5.74) is 2.87. The van der Waals surface area contributed by atoms with Crippen molar-refractivity contribution in [3.8, 4) is 11.5 Å². The van der Waals surface area contributed by atoms with Crippen LogP contribution in [0.15, 0.2) is 73.1 Å². The zero-order chi connectivity index (χ0) is 26.1. The van der Waals surface area contributed by atoms with E-state index in [2.05, 4.69) is 4.98 Å². The number of benzene rings is 2. The molecule has 0 aliphatic carbocycles. The quantitative estimate of drug-likeness (QED) is 0.255. The molecule has 0 saturated carbocycles. The molecule has 0 fully saturated rings. The third-order valence-corrected chi connectivity index (χ3v) is 5.37. The highest BCUT2D eigenvalue weighted by molar-refractivity contribution is 6.23. The standard InChI is InChI=1S/C28H28N2O6/c1-30(2)26(31)24(21-6-5-15-29-18-21)16-19-7-11-22(12-8-19)36-23-13-9-20(10-14-23)17-25(27(32)34-3)28(33)35-4/h5-16,18,25H,17H2,1-4H3. The fourth-order valence-corrected chi connectivity index (χ4v) is 3.44. The highest BCUT2D eigenvalue weighted by Crippen LogP contribution is 2.25. The van der Waals surface area contributed by atoms with Crippen LogP contribution < -0.4 is 4.74 Å². The van der Waals surface area contributed by atoms with Crippen molar-refractivity contribution in [3.05, 3.63) is 89.7 Å². The highest BCUT2D eigenvalue weighted by Gasteiger charge is 2.28. The molecule has 1 heterocycles. The van der Waals surface area contributed by atoms with Crippen LogP contribution in [0, 0.1) is 5.92 Å². The molecular weight excluding hydrogens is 460 g/mol. The van der Waals surface area contributed by atoms with Gasteiger partial charge in [0.15, 0.2) is 5.92 Å². The van der Waals surface area contributed by atoms with Crippen LogP contribution in [-0.4, -0.2) is 56.0 Å². The van der Waals surface area contributed by atoms with Gasteiger partial charge in [0.05, 0.1) is 14.2 Å². The van der Waals surface area contributed by atoms with Crippen molar-refractivity contribution < 1.29 is 28.6 Å². The van der Waals surface area contributed by atoms with Gasteiger partial charge >= 0.3 is 11.9 Å². The molecular formula is C28H28N2O6. The number of rotatable bonds is 9. The van der Waals surface area contributed by atoms with Gasteiger partial charge in [-0.2, -0.15) is 0 Å². The van der Waals surface area contributed by atoms with Crippen molar-refractivity contribution in [1.29, 1.82) is 0 Å². The highest BCUT2D eigenvalue weighted by atomic mass is 16.5. The minimum Gasteiger partial charge on any atom is -0.468 e. The second kappa shape index (κ2) is 12.3. The van der Waals surface area contributed by atoms with E-state index in [4.69, 9.17) is 14.2 Å². The number of hydrogen-bond donors (Lipinski definition) is 0. The average molecular weight is 489 g/mol. The van der Waals surface area contributed by atoms with E-state index in [-0.39, 0.29) is 12.3 Å². The maximum absolute atomic E-state index is 12.7. The summed E-state index contributed by atoms with van der Waals surface area (Å²) >= 11 is 0. The van der Waals surface area contributed by atoms with Crippen molar-refractivity contribution >= 4 is 29.5 Å². The van der Waals surface area contributed by atoms with Gasteiger partial charge in [0.25, 0.3) is 5.91 Å². The Hall–Kier alpha value is -4.46. The number of ether oxygens (including phenoxy) is 3. The molecule has 0 atom stereocenters. The lowest BCUT2D eigenvalue weighted by molar-refractivity contribution is -0.158. The molecule has 1 aromatic heterocycles. The lowest BCUT2D eigenvalue weighted by Crippen LogP contribution is -2.28. The molecule has 0 unspecified atom stereocenters. The van der Waals surface area contributed by atoms with Gasteiger partial charge in [-0.25, -0.2) is 0 Å². The number of esters is 2. The lowest BCUT2D eigenvalue weighted by Gasteiger charge is -2.14. The number of pyridine rings is 1. The molecule has 0 spiro atoms. The molecule has 8 heteroatoms. The first-order chi connectivity index (χ1) is 17.3.